The molecule has 1 N–H and O–H groups in total. The second-order valence-electron chi connectivity index (χ2n) is 5.89. The van der Waals surface area contributed by atoms with Crippen LogP contribution in [0.1, 0.15) is 34.3 Å². The van der Waals surface area contributed by atoms with Crippen LogP contribution in [-0.4, -0.2) is 43.3 Å². The number of carbonyl (C=O) groups is 2. The standard InChI is InChI=1S/C17H24N2O2/c1-12-4-5-15(10-13(12)2)16(20)11-19-8-6-14(7-9-19)17(21)18-3/h4-5,10,14H,6-9,11H2,1-3H3,(H,18,21). The Morgan fingerprint density at radius 1 is 1.19 bits per heavy atom. The Bertz CT molecular complexity index is 532. The molecular weight excluding hydrogens is 264 g/mol. The number of likely N-dealkylation sites (tertiary alicyclic amines) is 1. The molecule has 1 aromatic rings. The Morgan fingerprint density at radius 2 is 1.86 bits per heavy atom. The first-order valence-corrected chi connectivity index (χ1v) is 7.55. The van der Waals surface area contributed by atoms with E-state index in [1.165, 1.54) is 5.56 Å². The number of carbonyl (C=O) groups excluding carboxylic acids is 2. The zero-order valence-corrected chi connectivity index (χ0v) is 13.1. The predicted molar refractivity (Wildman–Crippen MR) is 83.5 cm³/mol. The monoisotopic (exact) mass is 288 g/mol. The van der Waals surface area contributed by atoms with Gasteiger partial charge in [-0.25, -0.2) is 0 Å². The Kier molecular flexibility index (Phi) is 5.12. The fourth-order valence-electron chi connectivity index (χ4n) is 2.77. The second-order valence-corrected chi connectivity index (χ2v) is 5.89. The lowest BCUT2D eigenvalue weighted by Gasteiger charge is -2.30. The van der Waals surface area contributed by atoms with E-state index in [9.17, 15) is 9.59 Å². The lowest BCUT2D eigenvalue weighted by Crippen LogP contribution is -2.41. The summed E-state index contributed by atoms with van der Waals surface area (Å²) >= 11 is 0. The molecule has 1 aliphatic heterocycles. The molecule has 0 aliphatic carbocycles. The van der Waals surface area contributed by atoms with Crippen molar-refractivity contribution < 1.29 is 9.59 Å². The first-order valence-electron chi connectivity index (χ1n) is 7.55. The van der Waals surface area contributed by atoms with Gasteiger partial charge in [-0.15, -0.1) is 0 Å². The summed E-state index contributed by atoms with van der Waals surface area (Å²) in [6.45, 7) is 6.15. The summed E-state index contributed by atoms with van der Waals surface area (Å²) in [5.74, 6) is 0.384. The Labute approximate surface area is 126 Å². The highest BCUT2D eigenvalue weighted by Gasteiger charge is 2.25. The number of nitrogens with one attached hydrogen (secondary N) is 1. The normalized spacial score (nSPS) is 16.7. The third-order valence-corrected chi connectivity index (χ3v) is 4.40. The number of nitrogens with zero attached hydrogens (tertiary/aromatic N) is 1. The van der Waals surface area contributed by atoms with E-state index in [4.69, 9.17) is 0 Å². The van der Waals surface area contributed by atoms with Gasteiger partial charge in [0.1, 0.15) is 0 Å². The molecule has 1 aromatic carbocycles. The Morgan fingerprint density at radius 3 is 2.43 bits per heavy atom. The van der Waals surface area contributed by atoms with Crippen molar-refractivity contribution in [3.05, 3.63) is 34.9 Å². The van der Waals surface area contributed by atoms with Crippen LogP contribution in [-0.2, 0) is 4.79 Å². The first kappa shape index (κ1) is 15.7. The minimum absolute atomic E-state index is 0.1000. The van der Waals surface area contributed by atoms with Crippen LogP contribution >= 0.6 is 0 Å². The zero-order chi connectivity index (χ0) is 15.4. The number of ketones is 1. The molecule has 21 heavy (non-hydrogen) atoms. The third kappa shape index (κ3) is 3.91. The van der Waals surface area contributed by atoms with Crippen molar-refractivity contribution in [3.63, 3.8) is 0 Å². The molecule has 0 spiro atoms. The van der Waals surface area contributed by atoms with Crippen LogP contribution in [0, 0.1) is 19.8 Å². The van der Waals surface area contributed by atoms with Gasteiger partial charge in [0, 0.05) is 18.5 Å². The molecule has 1 aliphatic rings. The molecule has 4 nitrogen and oxygen atoms in total. The van der Waals surface area contributed by atoms with E-state index in [0.29, 0.717) is 6.54 Å². The van der Waals surface area contributed by atoms with E-state index in [0.717, 1.165) is 37.1 Å². The maximum Gasteiger partial charge on any atom is 0.222 e. The molecule has 1 saturated heterocycles. The zero-order valence-electron chi connectivity index (χ0n) is 13.1. The Hall–Kier alpha value is -1.68. The minimum Gasteiger partial charge on any atom is -0.359 e. The summed E-state index contributed by atoms with van der Waals surface area (Å²) in [7, 11) is 1.68. The van der Waals surface area contributed by atoms with Gasteiger partial charge in [-0.05, 0) is 57.0 Å². The highest BCUT2D eigenvalue weighted by Crippen LogP contribution is 2.18. The summed E-state index contributed by atoms with van der Waals surface area (Å²) < 4.78 is 0. The number of rotatable bonds is 4. The maximum atomic E-state index is 12.3. The highest BCUT2D eigenvalue weighted by atomic mass is 16.1. The molecule has 1 amide bonds. The van der Waals surface area contributed by atoms with Crippen LogP contribution in [0.2, 0.25) is 0 Å². The largest absolute Gasteiger partial charge is 0.359 e. The summed E-state index contributed by atoms with van der Waals surface area (Å²) in [5, 5.41) is 2.70. The number of aryl methyl sites for hydroxylation is 2. The lowest BCUT2D eigenvalue weighted by molar-refractivity contribution is -0.125. The third-order valence-electron chi connectivity index (χ3n) is 4.40. The van der Waals surface area contributed by atoms with Crippen molar-refractivity contribution in [2.24, 2.45) is 5.92 Å². The van der Waals surface area contributed by atoms with Crippen molar-refractivity contribution in [1.29, 1.82) is 0 Å². The lowest BCUT2D eigenvalue weighted by atomic mass is 9.95. The van der Waals surface area contributed by atoms with Gasteiger partial charge in [-0.1, -0.05) is 12.1 Å². The smallest absolute Gasteiger partial charge is 0.222 e. The van der Waals surface area contributed by atoms with Gasteiger partial charge in [0.15, 0.2) is 5.78 Å². The summed E-state index contributed by atoms with van der Waals surface area (Å²) in [4.78, 5) is 26.1. The SMILES string of the molecule is CNC(=O)C1CCN(CC(=O)c2ccc(C)c(C)c2)CC1. The number of amides is 1. The molecule has 0 atom stereocenters. The molecule has 1 fully saturated rings. The van der Waals surface area contributed by atoms with Gasteiger partial charge in [-0.2, -0.15) is 0 Å². The molecule has 0 aromatic heterocycles. The van der Waals surface area contributed by atoms with Crippen LogP contribution in [0.5, 0.6) is 0 Å². The molecule has 2 rings (SSSR count). The van der Waals surface area contributed by atoms with Crippen LogP contribution < -0.4 is 5.32 Å². The van der Waals surface area contributed by atoms with Gasteiger partial charge in [-0.3, -0.25) is 14.5 Å². The topological polar surface area (TPSA) is 49.4 Å². The van der Waals surface area contributed by atoms with E-state index in [1.807, 2.05) is 32.0 Å². The van der Waals surface area contributed by atoms with Crippen molar-refractivity contribution in [1.82, 2.24) is 10.2 Å². The van der Waals surface area contributed by atoms with Crippen LogP contribution in [0.3, 0.4) is 0 Å². The first-order chi connectivity index (χ1) is 10.0. The van der Waals surface area contributed by atoms with E-state index >= 15 is 0 Å². The summed E-state index contributed by atoms with van der Waals surface area (Å²) in [6, 6.07) is 5.87. The van der Waals surface area contributed by atoms with E-state index in [1.54, 1.807) is 7.05 Å². The van der Waals surface area contributed by atoms with Gasteiger partial charge in [0.05, 0.1) is 6.54 Å². The molecule has 0 saturated carbocycles. The van der Waals surface area contributed by atoms with Gasteiger partial charge < -0.3 is 5.32 Å². The minimum atomic E-state index is 0.1000. The number of piperidine rings is 1. The molecule has 1 heterocycles. The number of hydrogen-bond acceptors (Lipinski definition) is 3. The van der Waals surface area contributed by atoms with Crippen molar-refractivity contribution in [2.45, 2.75) is 26.7 Å². The van der Waals surface area contributed by atoms with Gasteiger partial charge in [0.25, 0.3) is 0 Å². The Balaban J connectivity index is 1.89. The van der Waals surface area contributed by atoms with E-state index < -0.39 is 0 Å². The van der Waals surface area contributed by atoms with Gasteiger partial charge in [0.2, 0.25) is 5.91 Å². The fraction of sp³-hybridized carbons (Fsp3) is 0.529. The van der Waals surface area contributed by atoms with Crippen LogP contribution in [0.4, 0.5) is 0 Å². The second kappa shape index (κ2) is 6.85. The molecule has 114 valence electrons. The maximum absolute atomic E-state index is 12.3. The average Bonchev–Trinajstić information content (AvgIpc) is 2.50. The molecule has 0 unspecified atom stereocenters. The van der Waals surface area contributed by atoms with Crippen LogP contribution in [0.25, 0.3) is 0 Å². The van der Waals surface area contributed by atoms with Crippen molar-refractivity contribution in [2.75, 3.05) is 26.7 Å². The fourth-order valence-corrected chi connectivity index (χ4v) is 2.77. The molecular formula is C17H24N2O2. The van der Waals surface area contributed by atoms with E-state index in [-0.39, 0.29) is 17.6 Å². The number of Topliss-reactive ketones (excluding diaryl/α,β-unsaturated/α-hetero) is 1. The predicted octanol–water partition coefficient (Wildman–Crippen LogP) is 1.94. The summed E-state index contributed by atoms with van der Waals surface area (Å²) in [5.41, 5.74) is 3.14. The number of hydrogen-bond donors (Lipinski definition) is 1. The van der Waals surface area contributed by atoms with Crippen LogP contribution in [0.15, 0.2) is 18.2 Å². The highest BCUT2D eigenvalue weighted by molar-refractivity contribution is 5.97. The average molecular weight is 288 g/mol. The van der Waals surface area contributed by atoms with Crippen molar-refractivity contribution >= 4 is 11.7 Å². The quantitative estimate of drug-likeness (QED) is 0.862. The molecule has 0 bridgehead atoms. The van der Waals surface area contributed by atoms with E-state index in [2.05, 4.69) is 10.2 Å². The van der Waals surface area contributed by atoms with Crippen molar-refractivity contribution in [3.8, 4) is 0 Å². The summed E-state index contributed by atoms with van der Waals surface area (Å²) in [6.07, 6.45) is 1.67. The van der Waals surface area contributed by atoms with Gasteiger partial charge >= 0.3 is 0 Å². The molecule has 0 radical (unpaired) electrons. The number of benzene rings is 1. The molecule has 4 heteroatoms.